The zero-order chi connectivity index (χ0) is 14.5. The smallest absolute Gasteiger partial charge is 0.316 e. The van der Waals surface area contributed by atoms with E-state index in [9.17, 15) is 4.79 Å². The molecule has 1 N–H and O–H groups in total. The summed E-state index contributed by atoms with van der Waals surface area (Å²) >= 11 is 0. The van der Waals surface area contributed by atoms with Gasteiger partial charge >= 0.3 is 5.97 Å². The van der Waals surface area contributed by atoms with Gasteiger partial charge in [0, 0.05) is 6.54 Å². The van der Waals surface area contributed by atoms with Crippen LogP contribution >= 0.6 is 0 Å². The maximum absolute atomic E-state index is 13.0. The molecule has 1 saturated heterocycles. The molecule has 114 valence electrons. The van der Waals surface area contributed by atoms with Crippen LogP contribution in [-0.4, -0.2) is 25.2 Å². The summed E-state index contributed by atoms with van der Waals surface area (Å²) in [5.41, 5.74) is 0.725. The summed E-state index contributed by atoms with van der Waals surface area (Å²) in [5.74, 6) is 0.00398. The van der Waals surface area contributed by atoms with E-state index >= 15 is 0 Å². The van der Waals surface area contributed by atoms with Crippen molar-refractivity contribution in [3.8, 4) is 0 Å². The second-order valence-electron chi connectivity index (χ2n) is 6.38. The molecule has 0 bridgehead atoms. The van der Waals surface area contributed by atoms with E-state index < -0.39 is 5.41 Å². The van der Waals surface area contributed by atoms with E-state index in [-0.39, 0.29) is 12.1 Å². The van der Waals surface area contributed by atoms with Gasteiger partial charge in [-0.05, 0) is 31.4 Å². The van der Waals surface area contributed by atoms with Crippen LogP contribution in [0.1, 0.15) is 50.5 Å². The van der Waals surface area contributed by atoms with Crippen LogP contribution < -0.4 is 5.32 Å². The summed E-state index contributed by atoms with van der Waals surface area (Å²) in [6.07, 6.45) is 7.55. The summed E-state index contributed by atoms with van der Waals surface area (Å²) in [6, 6.07) is 10.3. The molecule has 1 aromatic rings. The van der Waals surface area contributed by atoms with Crippen molar-refractivity contribution in [1.82, 2.24) is 5.32 Å². The van der Waals surface area contributed by atoms with E-state index in [2.05, 4.69) is 17.4 Å². The van der Waals surface area contributed by atoms with Crippen LogP contribution in [0.4, 0.5) is 0 Å². The largest absolute Gasteiger partial charge is 0.460 e. The van der Waals surface area contributed by atoms with Crippen LogP contribution in [0.3, 0.4) is 0 Å². The molecule has 3 nitrogen and oxygen atoms in total. The lowest BCUT2D eigenvalue weighted by molar-refractivity contribution is -0.156. The first-order valence-corrected chi connectivity index (χ1v) is 8.29. The highest BCUT2D eigenvalue weighted by Crippen LogP contribution is 2.39. The van der Waals surface area contributed by atoms with Crippen molar-refractivity contribution >= 4 is 5.97 Å². The first-order chi connectivity index (χ1) is 10.3. The average Bonchev–Trinajstić information content (AvgIpc) is 2.89. The van der Waals surface area contributed by atoms with Crippen LogP contribution in [0.2, 0.25) is 0 Å². The van der Waals surface area contributed by atoms with E-state index in [4.69, 9.17) is 4.74 Å². The Morgan fingerprint density at radius 2 is 1.81 bits per heavy atom. The van der Waals surface area contributed by atoms with Crippen molar-refractivity contribution in [2.24, 2.45) is 0 Å². The Bertz CT molecular complexity index is 457. The van der Waals surface area contributed by atoms with Gasteiger partial charge in [-0.3, -0.25) is 4.79 Å². The number of carbonyl (C=O) groups is 1. The van der Waals surface area contributed by atoms with Gasteiger partial charge in [0.1, 0.15) is 6.10 Å². The van der Waals surface area contributed by atoms with Crippen molar-refractivity contribution in [2.45, 2.75) is 56.5 Å². The summed E-state index contributed by atoms with van der Waals surface area (Å²) in [4.78, 5) is 13.0. The normalized spacial score (nSPS) is 25.2. The van der Waals surface area contributed by atoms with Gasteiger partial charge in [0.25, 0.3) is 0 Å². The van der Waals surface area contributed by atoms with E-state index in [1.165, 1.54) is 12.8 Å². The Morgan fingerprint density at radius 3 is 2.43 bits per heavy atom. The van der Waals surface area contributed by atoms with Crippen molar-refractivity contribution in [2.75, 3.05) is 13.1 Å². The predicted molar refractivity (Wildman–Crippen MR) is 83.2 cm³/mol. The lowest BCUT2D eigenvalue weighted by Gasteiger charge is -2.32. The molecule has 0 radical (unpaired) electrons. The number of rotatable bonds is 3. The third-order valence-corrected chi connectivity index (χ3v) is 4.96. The van der Waals surface area contributed by atoms with Gasteiger partial charge in [0.15, 0.2) is 0 Å². The standard InChI is InChI=1S/C18H25NO2/c20-17(21-16-10-13-19-14-16)18(11-6-1-2-7-12-18)15-8-4-3-5-9-15/h3-5,8-9,16,19H,1-2,6-7,10-14H2. The molecule has 2 aliphatic rings. The highest BCUT2D eigenvalue weighted by atomic mass is 16.5. The molecule has 1 atom stereocenters. The molecule has 1 heterocycles. The second kappa shape index (κ2) is 6.61. The van der Waals surface area contributed by atoms with E-state index in [1.807, 2.05) is 18.2 Å². The third-order valence-electron chi connectivity index (χ3n) is 4.96. The van der Waals surface area contributed by atoms with Gasteiger partial charge in [-0.2, -0.15) is 0 Å². The van der Waals surface area contributed by atoms with Gasteiger partial charge in [-0.1, -0.05) is 56.0 Å². The zero-order valence-electron chi connectivity index (χ0n) is 12.6. The van der Waals surface area contributed by atoms with Gasteiger partial charge in [0.05, 0.1) is 5.41 Å². The first-order valence-electron chi connectivity index (χ1n) is 8.29. The average molecular weight is 287 g/mol. The number of ether oxygens (including phenoxy) is 1. The third kappa shape index (κ3) is 3.13. The summed E-state index contributed by atoms with van der Waals surface area (Å²) < 4.78 is 5.86. The zero-order valence-corrected chi connectivity index (χ0v) is 12.6. The minimum Gasteiger partial charge on any atom is -0.460 e. The molecule has 0 amide bonds. The maximum Gasteiger partial charge on any atom is 0.316 e. The molecule has 3 heteroatoms. The predicted octanol–water partition coefficient (Wildman–Crippen LogP) is 3.18. The fourth-order valence-electron chi connectivity index (χ4n) is 3.69. The number of benzene rings is 1. The van der Waals surface area contributed by atoms with Crippen molar-refractivity contribution < 1.29 is 9.53 Å². The molecule has 1 aliphatic carbocycles. The Morgan fingerprint density at radius 1 is 1.10 bits per heavy atom. The topological polar surface area (TPSA) is 38.3 Å². The minimum absolute atomic E-state index is 0.00398. The number of carbonyl (C=O) groups excluding carboxylic acids is 1. The molecule has 2 fully saturated rings. The van der Waals surface area contributed by atoms with Crippen molar-refractivity contribution in [3.63, 3.8) is 0 Å². The Kier molecular flexibility index (Phi) is 4.59. The maximum atomic E-state index is 13.0. The fourth-order valence-corrected chi connectivity index (χ4v) is 3.69. The van der Waals surface area contributed by atoms with Crippen LogP contribution in [0.15, 0.2) is 30.3 Å². The molecule has 1 aliphatic heterocycles. The molecule has 3 rings (SSSR count). The number of nitrogens with one attached hydrogen (secondary N) is 1. The van der Waals surface area contributed by atoms with Crippen LogP contribution in [0.5, 0.6) is 0 Å². The summed E-state index contributed by atoms with van der Waals surface area (Å²) in [6.45, 7) is 1.76. The van der Waals surface area contributed by atoms with E-state index in [1.54, 1.807) is 0 Å². The van der Waals surface area contributed by atoms with Crippen LogP contribution in [0, 0.1) is 0 Å². The van der Waals surface area contributed by atoms with Crippen molar-refractivity contribution in [3.05, 3.63) is 35.9 Å². The van der Waals surface area contributed by atoms with Gasteiger partial charge in [0.2, 0.25) is 0 Å². The van der Waals surface area contributed by atoms with Gasteiger partial charge < -0.3 is 10.1 Å². The number of hydrogen-bond acceptors (Lipinski definition) is 3. The Labute approximate surface area is 127 Å². The van der Waals surface area contributed by atoms with Crippen LogP contribution in [-0.2, 0) is 14.9 Å². The fraction of sp³-hybridized carbons (Fsp3) is 0.611. The number of esters is 1. The second-order valence-corrected chi connectivity index (χ2v) is 6.38. The summed E-state index contributed by atoms with van der Waals surface area (Å²) in [7, 11) is 0. The lowest BCUT2D eigenvalue weighted by Crippen LogP contribution is -2.39. The van der Waals surface area contributed by atoms with Gasteiger partial charge in [-0.25, -0.2) is 0 Å². The van der Waals surface area contributed by atoms with Crippen LogP contribution in [0.25, 0.3) is 0 Å². The highest BCUT2D eigenvalue weighted by Gasteiger charge is 2.42. The quantitative estimate of drug-likeness (QED) is 0.685. The molecule has 1 saturated carbocycles. The van der Waals surface area contributed by atoms with Crippen molar-refractivity contribution in [1.29, 1.82) is 0 Å². The van der Waals surface area contributed by atoms with E-state index in [0.29, 0.717) is 0 Å². The highest BCUT2D eigenvalue weighted by molar-refractivity contribution is 5.83. The molecule has 1 aromatic carbocycles. The SMILES string of the molecule is O=C(OC1CCNC1)C1(c2ccccc2)CCCCCC1. The Balaban J connectivity index is 1.85. The van der Waals surface area contributed by atoms with E-state index in [0.717, 1.165) is 50.8 Å². The molecular formula is C18H25NO2. The molecule has 0 spiro atoms. The first kappa shape index (κ1) is 14.6. The molecular weight excluding hydrogens is 262 g/mol. The summed E-state index contributed by atoms with van der Waals surface area (Å²) in [5, 5.41) is 3.27. The molecule has 0 aromatic heterocycles. The number of hydrogen-bond donors (Lipinski definition) is 1. The lowest BCUT2D eigenvalue weighted by atomic mass is 9.74. The minimum atomic E-state index is -0.416. The molecule has 1 unspecified atom stereocenters. The van der Waals surface area contributed by atoms with Gasteiger partial charge in [-0.15, -0.1) is 0 Å². The molecule has 21 heavy (non-hydrogen) atoms. The monoisotopic (exact) mass is 287 g/mol. The Hall–Kier alpha value is -1.35.